The van der Waals surface area contributed by atoms with Crippen LogP contribution in [-0.2, 0) is 9.53 Å². The maximum atomic E-state index is 11.4. The van der Waals surface area contributed by atoms with Gasteiger partial charge < -0.3 is 19.5 Å². The number of ether oxygens (including phenoxy) is 3. The Bertz CT molecular complexity index is 434. The first-order valence-corrected chi connectivity index (χ1v) is 6.77. The van der Waals surface area contributed by atoms with E-state index in [1.807, 2.05) is 18.2 Å². The summed E-state index contributed by atoms with van der Waals surface area (Å²) >= 11 is 0. The van der Waals surface area contributed by atoms with Gasteiger partial charge in [0.15, 0.2) is 11.5 Å². The zero-order valence-corrected chi connectivity index (χ0v) is 12.6. The lowest BCUT2D eigenvalue weighted by Gasteiger charge is -2.18. The largest absolute Gasteiger partial charge is 0.493 e. The number of esters is 1. The first-order chi connectivity index (χ1) is 9.65. The summed E-state index contributed by atoms with van der Waals surface area (Å²) in [6.07, 6.45) is 0.856. The highest BCUT2D eigenvalue weighted by atomic mass is 16.5. The Balaban J connectivity index is 2.76. The van der Waals surface area contributed by atoms with Crippen molar-refractivity contribution in [2.24, 2.45) is 0 Å². The molecule has 0 heterocycles. The molecule has 0 saturated heterocycles. The summed E-state index contributed by atoms with van der Waals surface area (Å²) in [6.45, 7) is 4.44. The number of benzene rings is 1. The van der Waals surface area contributed by atoms with Gasteiger partial charge in [-0.3, -0.25) is 4.79 Å². The van der Waals surface area contributed by atoms with Crippen molar-refractivity contribution in [1.82, 2.24) is 5.32 Å². The Hall–Kier alpha value is -1.75. The van der Waals surface area contributed by atoms with Crippen LogP contribution in [0.1, 0.15) is 31.9 Å². The van der Waals surface area contributed by atoms with Crippen molar-refractivity contribution < 1.29 is 19.0 Å². The van der Waals surface area contributed by atoms with Crippen molar-refractivity contribution in [3.63, 3.8) is 0 Å². The summed E-state index contributed by atoms with van der Waals surface area (Å²) in [7, 11) is 3.21. The molecule has 1 N–H and O–H groups in total. The summed E-state index contributed by atoms with van der Waals surface area (Å²) in [4.78, 5) is 11.4. The molecule has 1 aromatic carbocycles. The lowest BCUT2D eigenvalue weighted by molar-refractivity contribution is -0.142. The smallest absolute Gasteiger partial charge is 0.319 e. The van der Waals surface area contributed by atoms with Gasteiger partial charge in [0.25, 0.3) is 0 Å². The fourth-order valence-electron chi connectivity index (χ4n) is 1.99. The summed E-state index contributed by atoms with van der Waals surface area (Å²) in [5.41, 5.74) is 1.05. The third-order valence-electron chi connectivity index (χ3n) is 3.02. The molecule has 5 heteroatoms. The van der Waals surface area contributed by atoms with Gasteiger partial charge in [-0.15, -0.1) is 0 Å². The Labute approximate surface area is 120 Å². The average molecular weight is 281 g/mol. The van der Waals surface area contributed by atoms with Gasteiger partial charge in [0, 0.05) is 6.04 Å². The van der Waals surface area contributed by atoms with Crippen LogP contribution in [0.2, 0.25) is 0 Å². The molecule has 0 aliphatic heterocycles. The predicted molar refractivity (Wildman–Crippen MR) is 77.2 cm³/mol. The van der Waals surface area contributed by atoms with Gasteiger partial charge in [0.05, 0.1) is 27.4 Å². The van der Waals surface area contributed by atoms with Crippen LogP contribution in [0.3, 0.4) is 0 Å². The second kappa shape index (κ2) is 8.43. The zero-order chi connectivity index (χ0) is 15.0. The molecular formula is C15H23NO4. The normalized spacial score (nSPS) is 11.8. The summed E-state index contributed by atoms with van der Waals surface area (Å²) < 4.78 is 15.4. The number of methoxy groups -OCH3 is 2. The lowest BCUT2D eigenvalue weighted by Crippen LogP contribution is -2.28. The molecule has 5 nitrogen and oxygen atoms in total. The lowest BCUT2D eigenvalue weighted by atomic mass is 10.0. The van der Waals surface area contributed by atoms with Crippen LogP contribution in [0.15, 0.2) is 18.2 Å². The van der Waals surface area contributed by atoms with Gasteiger partial charge in [-0.05, 0) is 31.0 Å². The third-order valence-corrected chi connectivity index (χ3v) is 3.02. The molecule has 20 heavy (non-hydrogen) atoms. The van der Waals surface area contributed by atoms with Gasteiger partial charge in [-0.25, -0.2) is 0 Å². The van der Waals surface area contributed by atoms with E-state index in [0.29, 0.717) is 18.1 Å². The van der Waals surface area contributed by atoms with Crippen LogP contribution >= 0.6 is 0 Å². The second-order valence-electron chi connectivity index (χ2n) is 4.26. The summed E-state index contributed by atoms with van der Waals surface area (Å²) in [5.74, 6) is 1.13. The van der Waals surface area contributed by atoms with Crippen LogP contribution in [0.5, 0.6) is 11.5 Å². The maximum Gasteiger partial charge on any atom is 0.319 e. The first-order valence-electron chi connectivity index (χ1n) is 6.77. The number of hydrogen-bond acceptors (Lipinski definition) is 5. The van der Waals surface area contributed by atoms with Crippen LogP contribution in [0.25, 0.3) is 0 Å². The van der Waals surface area contributed by atoms with Crippen molar-refractivity contribution in [2.75, 3.05) is 27.4 Å². The minimum Gasteiger partial charge on any atom is -0.493 e. The van der Waals surface area contributed by atoms with E-state index in [-0.39, 0.29) is 18.6 Å². The molecule has 1 aromatic rings. The fourth-order valence-corrected chi connectivity index (χ4v) is 1.99. The Morgan fingerprint density at radius 1 is 1.20 bits per heavy atom. The SMILES string of the molecule is CCOC(=O)CNC(CC)c1ccc(OC)c(OC)c1. The van der Waals surface area contributed by atoms with Crippen molar-refractivity contribution in [2.45, 2.75) is 26.3 Å². The van der Waals surface area contributed by atoms with E-state index in [0.717, 1.165) is 12.0 Å². The number of carbonyl (C=O) groups excluding carboxylic acids is 1. The molecular weight excluding hydrogens is 258 g/mol. The van der Waals surface area contributed by atoms with Crippen molar-refractivity contribution in [3.05, 3.63) is 23.8 Å². The molecule has 1 unspecified atom stereocenters. The van der Waals surface area contributed by atoms with Crippen LogP contribution < -0.4 is 14.8 Å². The van der Waals surface area contributed by atoms with Crippen LogP contribution in [-0.4, -0.2) is 33.3 Å². The number of carbonyl (C=O) groups is 1. The molecule has 112 valence electrons. The standard InChI is InChI=1S/C15H23NO4/c1-5-12(16-10-15(17)20-6-2)11-7-8-13(18-3)14(9-11)19-4/h7-9,12,16H,5-6,10H2,1-4H3. The summed E-state index contributed by atoms with van der Waals surface area (Å²) in [6, 6.07) is 5.82. The molecule has 0 aliphatic rings. The summed E-state index contributed by atoms with van der Waals surface area (Å²) in [5, 5.41) is 3.19. The van der Waals surface area contributed by atoms with Gasteiger partial charge >= 0.3 is 5.97 Å². The number of hydrogen-bond donors (Lipinski definition) is 1. The molecule has 1 atom stereocenters. The van der Waals surface area contributed by atoms with Gasteiger partial charge in [0.1, 0.15) is 0 Å². The van der Waals surface area contributed by atoms with E-state index in [4.69, 9.17) is 14.2 Å². The molecule has 0 radical (unpaired) electrons. The molecule has 1 rings (SSSR count). The van der Waals surface area contributed by atoms with Gasteiger partial charge in [-0.2, -0.15) is 0 Å². The number of nitrogens with one attached hydrogen (secondary N) is 1. The third kappa shape index (κ3) is 4.42. The van der Waals surface area contributed by atoms with E-state index < -0.39 is 0 Å². The maximum absolute atomic E-state index is 11.4. The Kier molecular flexibility index (Phi) is 6.87. The van der Waals surface area contributed by atoms with Crippen molar-refractivity contribution in [3.8, 4) is 11.5 Å². The van der Waals surface area contributed by atoms with Crippen LogP contribution in [0.4, 0.5) is 0 Å². The minimum absolute atomic E-state index is 0.0687. The average Bonchev–Trinajstić information content (AvgIpc) is 2.47. The molecule has 0 amide bonds. The molecule has 0 fully saturated rings. The highest BCUT2D eigenvalue weighted by molar-refractivity contribution is 5.71. The second-order valence-corrected chi connectivity index (χ2v) is 4.26. The molecule has 0 spiro atoms. The monoisotopic (exact) mass is 281 g/mol. The van der Waals surface area contributed by atoms with E-state index in [9.17, 15) is 4.79 Å². The van der Waals surface area contributed by atoms with E-state index >= 15 is 0 Å². The van der Waals surface area contributed by atoms with Crippen molar-refractivity contribution >= 4 is 5.97 Å². The van der Waals surface area contributed by atoms with Gasteiger partial charge in [0.2, 0.25) is 0 Å². The molecule has 0 aromatic heterocycles. The molecule has 0 bridgehead atoms. The quantitative estimate of drug-likeness (QED) is 0.741. The highest BCUT2D eigenvalue weighted by Crippen LogP contribution is 2.30. The molecule has 0 aliphatic carbocycles. The Morgan fingerprint density at radius 3 is 2.45 bits per heavy atom. The van der Waals surface area contributed by atoms with E-state index in [1.54, 1.807) is 21.1 Å². The predicted octanol–water partition coefficient (Wildman–Crippen LogP) is 2.31. The fraction of sp³-hybridized carbons (Fsp3) is 0.533. The first kappa shape index (κ1) is 16.3. The van der Waals surface area contributed by atoms with E-state index in [2.05, 4.69) is 12.2 Å². The van der Waals surface area contributed by atoms with E-state index in [1.165, 1.54) is 0 Å². The number of rotatable bonds is 8. The minimum atomic E-state index is -0.244. The highest BCUT2D eigenvalue weighted by Gasteiger charge is 2.14. The Morgan fingerprint density at radius 2 is 1.90 bits per heavy atom. The zero-order valence-electron chi connectivity index (χ0n) is 12.6. The van der Waals surface area contributed by atoms with Gasteiger partial charge in [-0.1, -0.05) is 13.0 Å². The van der Waals surface area contributed by atoms with Crippen LogP contribution in [0, 0.1) is 0 Å². The topological polar surface area (TPSA) is 56.8 Å². The van der Waals surface area contributed by atoms with Crippen molar-refractivity contribution in [1.29, 1.82) is 0 Å². The molecule has 0 saturated carbocycles.